The maximum atomic E-state index is 11.6. The molecule has 1 heterocycles. The Labute approximate surface area is 110 Å². The molecule has 0 bridgehead atoms. The van der Waals surface area contributed by atoms with E-state index in [1.807, 2.05) is 41.8 Å². The highest BCUT2D eigenvalue weighted by molar-refractivity contribution is 7.16. The van der Waals surface area contributed by atoms with Crippen molar-refractivity contribution in [1.29, 1.82) is 0 Å². The Morgan fingerprint density at radius 1 is 1.50 bits per heavy atom. The third kappa shape index (κ3) is 2.59. The van der Waals surface area contributed by atoms with Gasteiger partial charge in [0, 0.05) is 13.0 Å². The van der Waals surface area contributed by atoms with Crippen LogP contribution >= 0.6 is 11.3 Å². The predicted molar refractivity (Wildman–Crippen MR) is 75.5 cm³/mol. The molecule has 94 valence electrons. The van der Waals surface area contributed by atoms with E-state index < -0.39 is 0 Å². The maximum absolute atomic E-state index is 11.6. The molecule has 2 aromatic rings. The number of amides is 1. The molecule has 0 fully saturated rings. The molecule has 0 aliphatic rings. The smallest absolute Gasteiger partial charge is 0.248 e. The van der Waals surface area contributed by atoms with Gasteiger partial charge in [-0.15, -0.1) is 6.58 Å². The van der Waals surface area contributed by atoms with Gasteiger partial charge in [0.05, 0.1) is 10.2 Å². The van der Waals surface area contributed by atoms with Crippen molar-refractivity contribution in [3.8, 4) is 0 Å². The van der Waals surface area contributed by atoms with E-state index in [4.69, 9.17) is 0 Å². The predicted octanol–water partition coefficient (Wildman–Crippen LogP) is 3.12. The van der Waals surface area contributed by atoms with Crippen LogP contribution in [0.1, 0.15) is 19.8 Å². The average molecular weight is 260 g/mol. The Kier molecular flexibility index (Phi) is 4.10. The number of benzene rings is 1. The Bertz CT molecular complexity index is 637. The first-order valence-corrected chi connectivity index (χ1v) is 6.84. The molecule has 0 spiro atoms. The number of hydrogen-bond donors (Lipinski definition) is 0. The van der Waals surface area contributed by atoms with Crippen LogP contribution in [0.4, 0.5) is 0 Å². The number of aromatic nitrogens is 1. The van der Waals surface area contributed by atoms with Gasteiger partial charge >= 0.3 is 0 Å². The van der Waals surface area contributed by atoms with Crippen LogP contribution in [-0.4, -0.2) is 10.5 Å². The topological polar surface area (TPSA) is 34.4 Å². The van der Waals surface area contributed by atoms with Crippen molar-refractivity contribution < 1.29 is 4.79 Å². The van der Waals surface area contributed by atoms with Crippen LogP contribution in [0.5, 0.6) is 0 Å². The number of allylic oxidation sites excluding steroid dienone is 1. The first-order valence-electron chi connectivity index (χ1n) is 6.03. The van der Waals surface area contributed by atoms with Gasteiger partial charge in [0.15, 0.2) is 4.80 Å². The van der Waals surface area contributed by atoms with Gasteiger partial charge in [-0.25, -0.2) is 0 Å². The molecule has 0 N–H and O–H groups in total. The minimum Gasteiger partial charge on any atom is -0.313 e. The number of fused-ring (bicyclic) bond motifs is 1. The number of nitrogens with zero attached hydrogens (tertiary/aromatic N) is 2. The average Bonchev–Trinajstić information content (AvgIpc) is 2.68. The molecule has 0 aliphatic carbocycles. The third-order valence-electron chi connectivity index (χ3n) is 2.58. The normalized spacial score (nSPS) is 11.9. The summed E-state index contributed by atoms with van der Waals surface area (Å²) >= 11 is 1.55. The molecule has 2 rings (SSSR count). The SMILES string of the molecule is C=CCn1c(=NC(=O)CCC)sc2ccccc21. The van der Waals surface area contributed by atoms with Gasteiger partial charge < -0.3 is 4.57 Å². The fourth-order valence-corrected chi connectivity index (χ4v) is 2.84. The molecule has 18 heavy (non-hydrogen) atoms. The highest BCUT2D eigenvalue weighted by Crippen LogP contribution is 2.16. The molecule has 0 saturated heterocycles. The summed E-state index contributed by atoms with van der Waals surface area (Å²) in [5.41, 5.74) is 1.10. The molecule has 0 radical (unpaired) electrons. The largest absolute Gasteiger partial charge is 0.313 e. The van der Waals surface area contributed by atoms with Gasteiger partial charge in [0.25, 0.3) is 0 Å². The third-order valence-corrected chi connectivity index (χ3v) is 3.64. The fraction of sp³-hybridized carbons (Fsp3) is 0.286. The summed E-state index contributed by atoms with van der Waals surface area (Å²) < 4.78 is 3.17. The summed E-state index contributed by atoms with van der Waals surface area (Å²) in [6, 6.07) is 8.07. The molecular formula is C14H16N2OS. The highest BCUT2D eigenvalue weighted by Gasteiger charge is 2.05. The van der Waals surface area contributed by atoms with Gasteiger partial charge in [0.2, 0.25) is 5.91 Å². The Balaban J connectivity index is 2.58. The lowest BCUT2D eigenvalue weighted by molar-refractivity contribution is -0.118. The lowest BCUT2D eigenvalue weighted by Gasteiger charge is -1.99. The Morgan fingerprint density at radius 2 is 2.28 bits per heavy atom. The van der Waals surface area contributed by atoms with E-state index in [2.05, 4.69) is 11.6 Å². The molecule has 4 heteroatoms. The van der Waals surface area contributed by atoms with Crippen molar-refractivity contribution >= 4 is 27.5 Å². The zero-order valence-corrected chi connectivity index (χ0v) is 11.2. The van der Waals surface area contributed by atoms with Crippen molar-refractivity contribution in [2.75, 3.05) is 0 Å². The van der Waals surface area contributed by atoms with Crippen LogP contribution < -0.4 is 4.80 Å². The molecule has 3 nitrogen and oxygen atoms in total. The first-order chi connectivity index (χ1) is 8.76. The van der Waals surface area contributed by atoms with Crippen molar-refractivity contribution in [3.05, 3.63) is 41.7 Å². The Morgan fingerprint density at radius 3 is 3.00 bits per heavy atom. The number of para-hydroxylation sites is 1. The fourth-order valence-electron chi connectivity index (χ4n) is 1.79. The zero-order chi connectivity index (χ0) is 13.0. The summed E-state index contributed by atoms with van der Waals surface area (Å²) in [6.07, 6.45) is 3.15. The first kappa shape index (κ1) is 12.8. The molecule has 0 aliphatic heterocycles. The van der Waals surface area contributed by atoms with Gasteiger partial charge in [-0.3, -0.25) is 4.79 Å². The lowest BCUT2D eigenvalue weighted by Crippen LogP contribution is -2.16. The quantitative estimate of drug-likeness (QED) is 0.778. The lowest BCUT2D eigenvalue weighted by atomic mass is 10.3. The van der Waals surface area contributed by atoms with Crippen molar-refractivity contribution in [2.24, 2.45) is 4.99 Å². The monoisotopic (exact) mass is 260 g/mol. The van der Waals surface area contributed by atoms with Crippen molar-refractivity contribution in [1.82, 2.24) is 4.57 Å². The molecule has 0 atom stereocenters. The molecular weight excluding hydrogens is 244 g/mol. The number of hydrogen-bond acceptors (Lipinski definition) is 2. The second kappa shape index (κ2) is 5.78. The number of carbonyl (C=O) groups excluding carboxylic acids is 1. The Hall–Kier alpha value is -1.68. The van der Waals surface area contributed by atoms with E-state index in [0.29, 0.717) is 13.0 Å². The number of thiazole rings is 1. The minimum atomic E-state index is -0.0538. The van der Waals surface area contributed by atoms with Crippen molar-refractivity contribution in [3.63, 3.8) is 0 Å². The van der Waals surface area contributed by atoms with Crippen molar-refractivity contribution in [2.45, 2.75) is 26.3 Å². The van der Waals surface area contributed by atoms with E-state index in [1.54, 1.807) is 11.3 Å². The second-order valence-electron chi connectivity index (χ2n) is 4.01. The molecule has 0 unspecified atom stereocenters. The molecule has 1 aromatic carbocycles. The zero-order valence-electron chi connectivity index (χ0n) is 10.4. The molecule has 0 saturated carbocycles. The highest BCUT2D eigenvalue weighted by atomic mass is 32.1. The van der Waals surface area contributed by atoms with Crippen LogP contribution in [0.25, 0.3) is 10.2 Å². The second-order valence-corrected chi connectivity index (χ2v) is 5.02. The summed E-state index contributed by atoms with van der Waals surface area (Å²) in [5, 5.41) is 0. The van der Waals surface area contributed by atoms with Gasteiger partial charge in [-0.05, 0) is 18.6 Å². The summed E-state index contributed by atoms with van der Waals surface area (Å²) in [7, 11) is 0. The van der Waals surface area contributed by atoms with E-state index in [1.165, 1.54) is 0 Å². The van der Waals surface area contributed by atoms with Gasteiger partial charge in [-0.2, -0.15) is 4.99 Å². The number of carbonyl (C=O) groups is 1. The minimum absolute atomic E-state index is 0.0538. The van der Waals surface area contributed by atoms with E-state index in [-0.39, 0.29) is 5.91 Å². The van der Waals surface area contributed by atoms with Gasteiger partial charge in [0.1, 0.15) is 0 Å². The summed E-state index contributed by atoms with van der Waals surface area (Å²) in [6.45, 7) is 6.41. The van der Waals surface area contributed by atoms with E-state index in [9.17, 15) is 4.79 Å². The van der Waals surface area contributed by atoms with Gasteiger partial charge in [-0.1, -0.05) is 36.5 Å². The molecule has 1 amide bonds. The van der Waals surface area contributed by atoms with Crippen LogP contribution in [0.2, 0.25) is 0 Å². The van der Waals surface area contributed by atoms with Crippen LogP contribution in [0.3, 0.4) is 0 Å². The van der Waals surface area contributed by atoms with Crippen LogP contribution in [-0.2, 0) is 11.3 Å². The standard InChI is InChI=1S/C14H16N2OS/c1-3-7-13(17)15-14-16(10-4-2)11-8-5-6-9-12(11)18-14/h4-6,8-9H,2-3,7,10H2,1H3. The summed E-state index contributed by atoms with van der Waals surface area (Å²) in [5.74, 6) is -0.0538. The maximum Gasteiger partial charge on any atom is 0.248 e. The summed E-state index contributed by atoms with van der Waals surface area (Å²) in [4.78, 5) is 16.6. The van der Waals surface area contributed by atoms with E-state index in [0.717, 1.165) is 21.4 Å². The molecule has 1 aromatic heterocycles. The van der Waals surface area contributed by atoms with Crippen LogP contribution in [0, 0.1) is 0 Å². The van der Waals surface area contributed by atoms with Crippen LogP contribution in [0.15, 0.2) is 41.9 Å². The number of rotatable bonds is 4. The van der Waals surface area contributed by atoms with E-state index >= 15 is 0 Å².